The number of fused-ring (bicyclic) bond motifs is 2. The van der Waals surface area contributed by atoms with Gasteiger partial charge in [0.1, 0.15) is 5.57 Å². The van der Waals surface area contributed by atoms with Gasteiger partial charge in [0, 0.05) is 11.8 Å². The second-order valence-corrected chi connectivity index (χ2v) is 4.14. The van der Waals surface area contributed by atoms with Gasteiger partial charge in [-0.3, -0.25) is 0 Å². The van der Waals surface area contributed by atoms with E-state index in [0.29, 0.717) is 6.42 Å². The molecule has 0 aromatic rings. The summed E-state index contributed by atoms with van der Waals surface area (Å²) in [4.78, 5) is 0. The van der Waals surface area contributed by atoms with Gasteiger partial charge < -0.3 is 5.11 Å². The summed E-state index contributed by atoms with van der Waals surface area (Å²) in [7, 11) is 0. The van der Waals surface area contributed by atoms with Gasteiger partial charge in [0.05, 0.1) is 6.10 Å². The predicted molar refractivity (Wildman–Crippen MR) is 45.5 cm³/mol. The molecule has 1 fully saturated rings. The van der Waals surface area contributed by atoms with E-state index in [1.165, 1.54) is 6.08 Å². The third kappa shape index (κ3) is 1.65. The van der Waals surface area contributed by atoms with Gasteiger partial charge >= 0.3 is 6.18 Å². The fourth-order valence-electron chi connectivity index (χ4n) is 2.60. The summed E-state index contributed by atoms with van der Waals surface area (Å²) in [5.74, 6) is -2.56. The Morgan fingerprint density at radius 1 is 1.12 bits per heavy atom. The van der Waals surface area contributed by atoms with Gasteiger partial charge in [0.15, 0.2) is 0 Å². The second-order valence-electron chi connectivity index (χ2n) is 4.14. The van der Waals surface area contributed by atoms with Crippen LogP contribution in [0.25, 0.3) is 0 Å². The van der Waals surface area contributed by atoms with E-state index >= 15 is 0 Å². The van der Waals surface area contributed by atoms with E-state index in [2.05, 4.69) is 0 Å². The standard InChI is InChI=1S/C10H9F5O/c11-9(12)7(10(13,14)15)6-4-1-2-5(3-4)8(6)16/h1-2,4-6,8,16H,3H2. The van der Waals surface area contributed by atoms with Crippen molar-refractivity contribution in [3.05, 3.63) is 23.8 Å². The Morgan fingerprint density at radius 2 is 1.69 bits per heavy atom. The maximum Gasteiger partial charge on any atom is 0.418 e. The molecule has 1 nitrogen and oxygen atoms in total. The molecule has 0 aromatic carbocycles. The molecule has 4 unspecified atom stereocenters. The fourth-order valence-corrected chi connectivity index (χ4v) is 2.60. The van der Waals surface area contributed by atoms with Crippen LogP contribution in [0, 0.1) is 17.8 Å². The molecule has 0 radical (unpaired) electrons. The van der Waals surface area contributed by atoms with Crippen LogP contribution in [-0.2, 0) is 0 Å². The molecule has 6 heteroatoms. The zero-order valence-corrected chi connectivity index (χ0v) is 8.01. The van der Waals surface area contributed by atoms with Crippen molar-refractivity contribution in [1.29, 1.82) is 0 Å². The van der Waals surface area contributed by atoms with Gasteiger partial charge in [-0.05, 0) is 12.3 Å². The molecule has 2 rings (SSSR count). The predicted octanol–water partition coefficient (Wildman–Crippen LogP) is 2.88. The average Bonchev–Trinajstić information content (AvgIpc) is 2.66. The summed E-state index contributed by atoms with van der Waals surface area (Å²) >= 11 is 0. The minimum atomic E-state index is -5.08. The highest BCUT2D eigenvalue weighted by atomic mass is 19.4. The molecule has 2 bridgehead atoms. The average molecular weight is 240 g/mol. The molecule has 2 aliphatic rings. The number of aliphatic hydroxyl groups is 1. The van der Waals surface area contributed by atoms with Crippen LogP contribution < -0.4 is 0 Å². The molecular formula is C10H9F5O. The van der Waals surface area contributed by atoms with Gasteiger partial charge in [-0.2, -0.15) is 22.0 Å². The van der Waals surface area contributed by atoms with Crippen LogP contribution in [0.2, 0.25) is 0 Å². The van der Waals surface area contributed by atoms with Crippen LogP contribution in [0.4, 0.5) is 22.0 Å². The van der Waals surface area contributed by atoms with E-state index in [0.717, 1.165) is 0 Å². The van der Waals surface area contributed by atoms with Crippen LogP contribution >= 0.6 is 0 Å². The van der Waals surface area contributed by atoms with E-state index in [-0.39, 0.29) is 0 Å². The molecule has 0 amide bonds. The van der Waals surface area contributed by atoms with Gasteiger partial charge in [0.25, 0.3) is 6.08 Å². The van der Waals surface area contributed by atoms with Gasteiger partial charge in [-0.1, -0.05) is 12.2 Å². The van der Waals surface area contributed by atoms with Crippen molar-refractivity contribution in [2.45, 2.75) is 18.7 Å². The van der Waals surface area contributed by atoms with E-state index in [4.69, 9.17) is 0 Å². The molecule has 1 N–H and O–H groups in total. The van der Waals surface area contributed by atoms with Crippen LogP contribution in [0.3, 0.4) is 0 Å². The largest absolute Gasteiger partial charge is 0.418 e. The highest BCUT2D eigenvalue weighted by molar-refractivity contribution is 5.27. The number of aliphatic hydroxyl groups excluding tert-OH is 1. The number of allylic oxidation sites excluding steroid dienone is 1. The Labute approximate surface area is 88.3 Å². The van der Waals surface area contributed by atoms with Crippen LogP contribution in [-0.4, -0.2) is 17.4 Å². The van der Waals surface area contributed by atoms with Crippen LogP contribution in [0.1, 0.15) is 6.42 Å². The third-order valence-corrected chi connectivity index (χ3v) is 3.26. The number of alkyl halides is 3. The molecule has 1 saturated carbocycles. The van der Waals surface area contributed by atoms with Gasteiger partial charge in [-0.25, -0.2) is 0 Å². The molecule has 4 atom stereocenters. The lowest BCUT2D eigenvalue weighted by molar-refractivity contribution is -0.110. The minimum absolute atomic E-state index is 0.318. The molecule has 2 aliphatic carbocycles. The van der Waals surface area contributed by atoms with Crippen molar-refractivity contribution in [2.75, 3.05) is 0 Å². The first-order valence-electron chi connectivity index (χ1n) is 4.81. The first kappa shape index (κ1) is 11.6. The number of rotatable bonds is 1. The van der Waals surface area contributed by atoms with E-state index in [1.807, 2.05) is 0 Å². The Kier molecular flexibility index (Phi) is 2.57. The van der Waals surface area contributed by atoms with Crippen molar-refractivity contribution >= 4 is 0 Å². The highest BCUT2D eigenvalue weighted by Gasteiger charge is 2.54. The lowest BCUT2D eigenvalue weighted by Crippen LogP contribution is -2.32. The van der Waals surface area contributed by atoms with Crippen LogP contribution in [0.15, 0.2) is 23.8 Å². The quantitative estimate of drug-likeness (QED) is 0.552. The fraction of sp³-hybridized carbons (Fsp3) is 0.600. The van der Waals surface area contributed by atoms with Crippen molar-refractivity contribution in [2.24, 2.45) is 17.8 Å². The Hall–Kier alpha value is -0.910. The monoisotopic (exact) mass is 240 g/mol. The van der Waals surface area contributed by atoms with Crippen LogP contribution in [0.5, 0.6) is 0 Å². The number of hydrogen-bond donors (Lipinski definition) is 1. The summed E-state index contributed by atoms with van der Waals surface area (Å²) < 4.78 is 62.1. The highest BCUT2D eigenvalue weighted by Crippen LogP contribution is 2.51. The molecule has 16 heavy (non-hydrogen) atoms. The Balaban J connectivity index is 2.37. The van der Waals surface area contributed by atoms with Crippen molar-refractivity contribution in [1.82, 2.24) is 0 Å². The maximum atomic E-state index is 12.4. The third-order valence-electron chi connectivity index (χ3n) is 3.26. The molecule has 0 saturated heterocycles. The first-order valence-corrected chi connectivity index (χ1v) is 4.81. The lowest BCUT2D eigenvalue weighted by Gasteiger charge is -2.26. The molecular weight excluding hydrogens is 231 g/mol. The second kappa shape index (κ2) is 3.55. The Bertz CT molecular complexity index is 353. The molecule has 0 heterocycles. The molecule has 90 valence electrons. The molecule has 0 spiro atoms. The SMILES string of the molecule is OC1C2C=CC(C2)C1C(=C(F)F)C(F)(F)F. The number of hydrogen-bond acceptors (Lipinski definition) is 1. The van der Waals surface area contributed by atoms with Gasteiger partial charge in [-0.15, -0.1) is 0 Å². The molecule has 0 aliphatic heterocycles. The smallest absolute Gasteiger partial charge is 0.392 e. The summed E-state index contributed by atoms with van der Waals surface area (Å²) in [6, 6.07) is 0. The van der Waals surface area contributed by atoms with Crippen molar-refractivity contribution in [3.8, 4) is 0 Å². The van der Waals surface area contributed by atoms with Gasteiger partial charge in [0.2, 0.25) is 0 Å². The maximum absolute atomic E-state index is 12.4. The lowest BCUT2D eigenvalue weighted by atomic mass is 9.84. The Morgan fingerprint density at radius 3 is 2.06 bits per heavy atom. The summed E-state index contributed by atoms with van der Waals surface area (Å²) in [5, 5.41) is 9.54. The zero-order chi connectivity index (χ0) is 12.1. The topological polar surface area (TPSA) is 20.2 Å². The summed E-state index contributed by atoms with van der Waals surface area (Å²) in [6.07, 6.45) is -5.78. The van der Waals surface area contributed by atoms with Crippen molar-refractivity contribution < 1.29 is 27.1 Å². The van der Waals surface area contributed by atoms with E-state index < -0.39 is 41.7 Å². The molecule has 0 aromatic heterocycles. The van der Waals surface area contributed by atoms with E-state index in [9.17, 15) is 27.1 Å². The minimum Gasteiger partial charge on any atom is -0.392 e. The van der Waals surface area contributed by atoms with Crippen molar-refractivity contribution in [3.63, 3.8) is 0 Å². The first-order chi connectivity index (χ1) is 7.32. The number of halogens is 5. The summed E-state index contributed by atoms with van der Waals surface area (Å²) in [6.45, 7) is 0. The summed E-state index contributed by atoms with van der Waals surface area (Å²) in [5.41, 5.74) is -1.86. The normalized spacial score (nSPS) is 36.9. The zero-order valence-electron chi connectivity index (χ0n) is 8.01. The van der Waals surface area contributed by atoms with E-state index in [1.54, 1.807) is 6.08 Å².